The third-order valence-electron chi connectivity index (χ3n) is 4.53. The van der Waals surface area contributed by atoms with Crippen LogP contribution in [0.4, 0.5) is 5.69 Å². The van der Waals surface area contributed by atoms with E-state index in [1.54, 1.807) is 0 Å². The van der Waals surface area contributed by atoms with E-state index in [0.29, 0.717) is 6.04 Å². The van der Waals surface area contributed by atoms with E-state index in [4.69, 9.17) is 0 Å². The van der Waals surface area contributed by atoms with E-state index in [0.717, 1.165) is 5.92 Å². The first-order valence-corrected chi connectivity index (χ1v) is 8.65. The molecule has 1 aromatic rings. The molecule has 1 aliphatic rings. The van der Waals surface area contributed by atoms with E-state index < -0.39 is 0 Å². The van der Waals surface area contributed by atoms with Crippen molar-refractivity contribution in [3.8, 4) is 0 Å². The van der Waals surface area contributed by atoms with Gasteiger partial charge in [-0.2, -0.15) is 0 Å². The van der Waals surface area contributed by atoms with Crippen LogP contribution in [0.25, 0.3) is 0 Å². The van der Waals surface area contributed by atoms with Gasteiger partial charge in [-0.1, -0.05) is 28.9 Å². The second-order valence-electron chi connectivity index (χ2n) is 6.02. The molecular formula is C17H27BrN2. The van der Waals surface area contributed by atoms with Gasteiger partial charge in [0.15, 0.2) is 0 Å². The summed E-state index contributed by atoms with van der Waals surface area (Å²) in [5, 5.41) is 3.72. The second kappa shape index (κ2) is 7.46. The molecule has 1 aromatic carbocycles. The normalized spacial score (nSPS) is 19.0. The Morgan fingerprint density at radius 3 is 2.70 bits per heavy atom. The van der Waals surface area contributed by atoms with Gasteiger partial charge in [-0.15, -0.1) is 0 Å². The molecule has 0 aliphatic carbocycles. The topological polar surface area (TPSA) is 15.3 Å². The predicted octanol–water partition coefficient (Wildman–Crippen LogP) is 4.68. The number of halogens is 1. The summed E-state index contributed by atoms with van der Waals surface area (Å²) < 4.78 is 1.19. The Hall–Kier alpha value is -0.540. The van der Waals surface area contributed by atoms with Crippen LogP contribution in [0.15, 0.2) is 22.7 Å². The zero-order valence-corrected chi connectivity index (χ0v) is 14.5. The number of nitrogens with zero attached hydrogens (tertiary/aromatic N) is 1. The molecule has 20 heavy (non-hydrogen) atoms. The molecule has 3 heteroatoms. The van der Waals surface area contributed by atoms with Crippen molar-refractivity contribution in [2.75, 3.05) is 25.0 Å². The van der Waals surface area contributed by atoms with Crippen LogP contribution in [-0.2, 0) is 0 Å². The van der Waals surface area contributed by atoms with Gasteiger partial charge < -0.3 is 10.2 Å². The number of anilines is 1. The van der Waals surface area contributed by atoms with Crippen molar-refractivity contribution < 1.29 is 0 Å². The minimum absolute atomic E-state index is 0.548. The molecular weight excluding hydrogens is 312 g/mol. The Bertz CT molecular complexity index is 425. The molecule has 1 atom stereocenters. The predicted molar refractivity (Wildman–Crippen MR) is 91.4 cm³/mol. The first kappa shape index (κ1) is 15.8. The van der Waals surface area contributed by atoms with Crippen molar-refractivity contribution in [2.24, 2.45) is 5.92 Å². The van der Waals surface area contributed by atoms with Gasteiger partial charge in [-0.25, -0.2) is 0 Å². The van der Waals surface area contributed by atoms with E-state index in [-0.39, 0.29) is 0 Å². The molecule has 1 unspecified atom stereocenters. The number of piperidine rings is 1. The van der Waals surface area contributed by atoms with Gasteiger partial charge in [-0.05, 0) is 76.4 Å². The summed E-state index contributed by atoms with van der Waals surface area (Å²) in [6.07, 6.45) is 3.91. The smallest absolute Gasteiger partial charge is 0.0383 e. The van der Waals surface area contributed by atoms with E-state index in [1.165, 1.54) is 54.6 Å². The van der Waals surface area contributed by atoms with E-state index >= 15 is 0 Å². The van der Waals surface area contributed by atoms with Crippen LogP contribution < -0.4 is 5.32 Å². The number of likely N-dealkylation sites (tertiary alicyclic amines) is 1. The lowest BCUT2D eigenvalue weighted by Gasteiger charge is -2.35. The number of benzene rings is 1. The largest absolute Gasteiger partial charge is 0.382 e. The molecule has 1 N–H and O–H groups in total. The molecule has 2 nitrogen and oxygen atoms in total. The lowest BCUT2D eigenvalue weighted by atomic mass is 9.90. The Morgan fingerprint density at radius 1 is 1.35 bits per heavy atom. The lowest BCUT2D eigenvalue weighted by Crippen LogP contribution is -2.39. The van der Waals surface area contributed by atoms with Crippen molar-refractivity contribution in [1.29, 1.82) is 0 Å². The zero-order chi connectivity index (χ0) is 14.5. The molecule has 0 bridgehead atoms. The molecule has 0 saturated carbocycles. The highest BCUT2D eigenvalue weighted by Gasteiger charge is 2.23. The quantitative estimate of drug-likeness (QED) is 0.838. The van der Waals surface area contributed by atoms with E-state index in [2.05, 4.69) is 65.1 Å². The number of hydrogen-bond donors (Lipinski definition) is 1. The van der Waals surface area contributed by atoms with Crippen molar-refractivity contribution >= 4 is 21.6 Å². The van der Waals surface area contributed by atoms with Gasteiger partial charge in [0.05, 0.1) is 0 Å². The van der Waals surface area contributed by atoms with Crippen molar-refractivity contribution in [3.05, 3.63) is 28.2 Å². The summed E-state index contributed by atoms with van der Waals surface area (Å²) in [5.41, 5.74) is 2.57. The van der Waals surface area contributed by atoms with Gasteiger partial charge >= 0.3 is 0 Å². The molecule has 0 amide bonds. The maximum Gasteiger partial charge on any atom is 0.0383 e. The second-order valence-corrected chi connectivity index (χ2v) is 6.88. The average molecular weight is 339 g/mol. The Morgan fingerprint density at radius 2 is 2.05 bits per heavy atom. The molecule has 0 aromatic heterocycles. The summed E-state index contributed by atoms with van der Waals surface area (Å²) in [5.74, 6) is 0.793. The molecule has 0 radical (unpaired) electrons. The van der Waals surface area contributed by atoms with Gasteiger partial charge in [0.2, 0.25) is 0 Å². The van der Waals surface area contributed by atoms with Crippen LogP contribution in [-0.4, -0.2) is 30.6 Å². The summed E-state index contributed by atoms with van der Waals surface area (Å²) in [6.45, 7) is 10.6. The van der Waals surface area contributed by atoms with Gasteiger partial charge in [0.25, 0.3) is 0 Å². The minimum Gasteiger partial charge on any atom is -0.382 e. The number of nitrogens with one attached hydrogen (secondary N) is 1. The minimum atomic E-state index is 0.548. The molecule has 2 rings (SSSR count). The lowest BCUT2D eigenvalue weighted by molar-refractivity contribution is 0.176. The highest BCUT2D eigenvalue weighted by Crippen LogP contribution is 2.27. The molecule has 1 fully saturated rings. The van der Waals surface area contributed by atoms with Crippen LogP contribution in [0.1, 0.15) is 38.7 Å². The molecule has 112 valence electrons. The summed E-state index contributed by atoms with van der Waals surface area (Å²) in [6, 6.07) is 6.94. The maximum absolute atomic E-state index is 3.72. The highest BCUT2D eigenvalue weighted by atomic mass is 79.9. The van der Waals surface area contributed by atoms with Crippen LogP contribution in [0, 0.1) is 12.8 Å². The summed E-state index contributed by atoms with van der Waals surface area (Å²) in [4.78, 5) is 2.60. The van der Waals surface area contributed by atoms with Crippen LogP contribution in [0.3, 0.4) is 0 Å². The average Bonchev–Trinajstić information content (AvgIpc) is 2.45. The first-order chi connectivity index (χ1) is 9.61. The van der Waals surface area contributed by atoms with E-state index in [9.17, 15) is 0 Å². The van der Waals surface area contributed by atoms with Crippen molar-refractivity contribution in [1.82, 2.24) is 4.90 Å². The fraction of sp³-hybridized carbons (Fsp3) is 0.647. The number of rotatable bonds is 5. The van der Waals surface area contributed by atoms with Crippen LogP contribution in [0.2, 0.25) is 0 Å². The van der Waals surface area contributed by atoms with Gasteiger partial charge in [0, 0.05) is 16.2 Å². The van der Waals surface area contributed by atoms with Gasteiger partial charge in [-0.3, -0.25) is 0 Å². The maximum atomic E-state index is 3.72. The van der Waals surface area contributed by atoms with Crippen molar-refractivity contribution in [2.45, 2.75) is 46.1 Å². The molecule has 1 aliphatic heterocycles. The zero-order valence-electron chi connectivity index (χ0n) is 13.0. The Kier molecular flexibility index (Phi) is 5.91. The highest BCUT2D eigenvalue weighted by molar-refractivity contribution is 9.10. The van der Waals surface area contributed by atoms with E-state index in [1.807, 2.05) is 0 Å². The number of hydrogen-bond acceptors (Lipinski definition) is 2. The Labute approximate surface area is 132 Å². The Balaban J connectivity index is 1.89. The van der Waals surface area contributed by atoms with Crippen molar-refractivity contribution in [3.63, 3.8) is 0 Å². The third kappa shape index (κ3) is 3.98. The molecule has 1 saturated heterocycles. The van der Waals surface area contributed by atoms with Gasteiger partial charge in [0.1, 0.15) is 0 Å². The summed E-state index contributed by atoms with van der Waals surface area (Å²) in [7, 11) is 0. The first-order valence-electron chi connectivity index (χ1n) is 7.85. The molecule has 1 heterocycles. The molecule has 0 spiro atoms. The van der Waals surface area contributed by atoms with Crippen LogP contribution in [0.5, 0.6) is 0 Å². The SMILES string of the molecule is CCCN1CCC(C(C)Nc2cccc(Br)c2C)CC1. The standard InChI is InChI=1S/C17H27BrN2/c1-4-10-20-11-8-15(9-12-20)14(3)19-17-7-5-6-16(18)13(17)2/h5-7,14-15,19H,4,8-12H2,1-3H3. The van der Waals surface area contributed by atoms with Crippen LogP contribution >= 0.6 is 15.9 Å². The monoisotopic (exact) mass is 338 g/mol. The fourth-order valence-corrected chi connectivity index (χ4v) is 3.49. The fourth-order valence-electron chi connectivity index (χ4n) is 3.12. The summed E-state index contributed by atoms with van der Waals surface area (Å²) >= 11 is 3.61. The third-order valence-corrected chi connectivity index (χ3v) is 5.39.